The summed E-state index contributed by atoms with van der Waals surface area (Å²) in [5.74, 6) is 1.74. The van der Waals surface area contributed by atoms with Crippen molar-refractivity contribution < 1.29 is 9.90 Å². The Morgan fingerprint density at radius 1 is 1.60 bits per heavy atom. The van der Waals surface area contributed by atoms with Gasteiger partial charge in [0.25, 0.3) is 0 Å². The zero-order valence-electron chi connectivity index (χ0n) is 8.82. The smallest absolute Gasteiger partial charge is 0.356 e. The van der Waals surface area contributed by atoms with E-state index >= 15 is 0 Å². The van der Waals surface area contributed by atoms with Gasteiger partial charge in [-0.2, -0.15) is 5.10 Å². The fourth-order valence-electron chi connectivity index (χ4n) is 3.25. The van der Waals surface area contributed by atoms with Gasteiger partial charge in [0, 0.05) is 17.2 Å². The SMILES string of the molecule is CC(C)C1[C@@H]2Cc3c(C(=O)O)n[nH]c3[C@@H]12. The second-order valence-corrected chi connectivity index (χ2v) is 4.98. The Balaban J connectivity index is 1.95. The first-order valence-electron chi connectivity index (χ1n) is 5.41. The average molecular weight is 206 g/mol. The number of H-pyrrole nitrogens is 1. The van der Waals surface area contributed by atoms with E-state index in [1.54, 1.807) is 0 Å². The minimum atomic E-state index is -0.908. The molecule has 1 aromatic heterocycles. The van der Waals surface area contributed by atoms with Crippen LogP contribution >= 0.6 is 0 Å². The minimum absolute atomic E-state index is 0.236. The Morgan fingerprint density at radius 3 is 2.93 bits per heavy atom. The van der Waals surface area contributed by atoms with E-state index in [4.69, 9.17) is 5.11 Å². The maximum absolute atomic E-state index is 10.9. The zero-order valence-corrected chi connectivity index (χ0v) is 8.82. The fourth-order valence-corrected chi connectivity index (χ4v) is 3.25. The van der Waals surface area contributed by atoms with Crippen molar-refractivity contribution in [1.29, 1.82) is 0 Å². The van der Waals surface area contributed by atoms with E-state index in [0.29, 0.717) is 17.8 Å². The number of hydrogen-bond donors (Lipinski definition) is 2. The number of nitrogens with one attached hydrogen (secondary N) is 1. The predicted molar refractivity (Wildman–Crippen MR) is 53.8 cm³/mol. The lowest BCUT2D eigenvalue weighted by Crippen LogP contribution is -2.04. The Hall–Kier alpha value is -1.32. The first kappa shape index (κ1) is 8.95. The zero-order chi connectivity index (χ0) is 10.7. The van der Waals surface area contributed by atoms with Crippen LogP contribution in [0.2, 0.25) is 0 Å². The van der Waals surface area contributed by atoms with Crippen molar-refractivity contribution >= 4 is 5.97 Å². The average Bonchev–Trinajstić information content (AvgIpc) is 2.52. The quantitative estimate of drug-likeness (QED) is 0.773. The molecule has 4 nitrogen and oxygen atoms in total. The van der Waals surface area contributed by atoms with Crippen LogP contribution in [0.1, 0.15) is 41.5 Å². The van der Waals surface area contributed by atoms with Gasteiger partial charge in [-0.25, -0.2) is 4.79 Å². The lowest BCUT2D eigenvalue weighted by atomic mass is 9.99. The normalized spacial score (nSPS) is 31.5. The number of aromatic nitrogens is 2. The topological polar surface area (TPSA) is 66.0 Å². The van der Waals surface area contributed by atoms with E-state index in [1.165, 1.54) is 0 Å². The minimum Gasteiger partial charge on any atom is -0.476 e. The molecule has 0 bridgehead atoms. The number of carboxylic acid groups (broad SMARTS) is 1. The molecular weight excluding hydrogens is 192 g/mol. The van der Waals surface area contributed by atoms with Crippen molar-refractivity contribution in [3.05, 3.63) is 17.0 Å². The van der Waals surface area contributed by atoms with E-state index in [2.05, 4.69) is 24.0 Å². The van der Waals surface area contributed by atoms with Crippen LogP contribution in [0.15, 0.2) is 0 Å². The number of carbonyl (C=O) groups is 1. The van der Waals surface area contributed by atoms with Crippen molar-refractivity contribution in [3.63, 3.8) is 0 Å². The van der Waals surface area contributed by atoms with Crippen LogP contribution in [0, 0.1) is 17.8 Å². The number of nitrogens with zero attached hydrogens (tertiary/aromatic N) is 1. The molecule has 2 aliphatic rings. The van der Waals surface area contributed by atoms with Gasteiger partial charge >= 0.3 is 5.97 Å². The van der Waals surface area contributed by atoms with Gasteiger partial charge in [-0.3, -0.25) is 5.10 Å². The number of carboxylic acids is 1. The van der Waals surface area contributed by atoms with E-state index in [-0.39, 0.29) is 5.69 Å². The lowest BCUT2D eigenvalue weighted by Gasteiger charge is -2.06. The monoisotopic (exact) mass is 206 g/mol. The first-order chi connectivity index (χ1) is 7.11. The summed E-state index contributed by atoms with van der Waals surface area (Å²) in [5.41, 5.74) is 2.28. The molecule has 0 aromatic carbocycles. The highest BCUT2D eigenvalue weighted by Crippen LogP contribution is 2.63. The van der Waals surface area contributed by atoms with Crippen molar-refractivity contribution in [2.45, 2.75) is 26.2 Å². The molecule has 4 heteroatoms. The summed E-state index contributed by atoms with van der Waals surface area (Å²) in [5, 5.41) is 15.7. The summed E-state index contributed by atoms with van der Waals surface area (Å²) in [6, 6.07) is 0. The molecule has 2 aliphatic carbocycles. The fraction of sp³-hybridized carbons (Fsp3) is 0.636. The molecule has 0 aliphatic heterocycles. The van der Waals surface area contributed by atoms with Gasteiger partial charge < -0.3 is 5.11 Å². The van der Waals surface area contributed by atoms with Crippen LogP contribution in [-0.4, -0.2) is 21.3 Å². The molecule has 0 radical (unpaired) electrons. The number of fused-ring (bicyclic) bond motifs is 3. The second-order valence-electron chi connectivity index (χ2n) is 4.98. The van der Waals surface area contributed by atoms with Gasteiger partial charge in [-0.05, 0) is 24.2 Å². The van der Waals surface area contributed by atoms with Crippen LogP contribution in [0.3, 0.4) is 0 Å². The predicted octanol–water partition coefficient (Wildman–Crippen LogP) is 1.65. The van der Waals surface area contributed by atoms with Gasteiger partial charge in [-0.1, -0.05) is 13.8 Å². The van der Waals surface area contributed by atoms with E-state index < -0.39 is 5.97 Å². The van der Waals surface area contributed by atoms with Crippen LogP contribution < -0.4 is 0 Å². The van der Waals surface area contributed by atoms with Crippen molar-refractivity contribution in [3.8, 4) is 0 Å². The van der Waals surface area contributed by atoms with Crippen LogP contribution in [0.25, 0.3) is 0 Å². The van der Waals surface area contributed by atoms with Crippen LogP contribution in [-0.2, 0) is 6.42 Å². The van der Waals surface area contributed by atoms with Gasteiger partial charge in [0.1, 0.15) is 0 Å². The molecule has 80 valence electrons. The summed E-state index contributed by atoms with van der Waals surface area (Å²) < 4.78 is 0. The third-order valence-electron chi connectivity index (χ3n) is 3.87. The summed E-state index contributed by atoms with van der Waals surface area (Å²) in [6.45, 7) is 4.47. The number of aromatic amines is 1. The van der Waals surface area contributed by atoms with E-state index in [0.717, 1.165) is 23.6 Å². The lowest BCUT2D eigenvalue weighted by molar-refractivity contribution is 0.0689. The van der Waals surface area contributed by atoms with Gasteiger partial charge in [0.2, 0.25) is 0 Å². The molecular formula is C11H14N2O2. The Morgan fingerprint density at radius 2 is 2.33 bits per heavy atom. The number of aromatic carboxylic acids is 1. The van der Waals surface area contributed by atoms with Gasteiger partial charge in [0.15, 0.2) is 5.69 Å². The molecule has 1 fully saturated rings. The summed E-state index contributed by atoms with van der Waals surface area (Å²) in [6.07, 6.45) is 0.904. The van der Waals surface area contributed by atoms with Crippen molar-refractivity contribution in [1.82, 2.24) is 10.2 Å². The van der Waals surface area contributed by atoms with Crippen molar-refractivity contribution in [2.24, 2.45) is 17.8 Å². The maximum Gasteiger partial charge on any atom is 0.356 e. The molecule has 15 heavy (non-hydrogen) atoms. The molecule has 1 heterocycles. The highest BCUT2D eigenvalue weighted by Gasteiger charge is 2.58. The molecule has 2 N–H and O–H groups in total. The highest BCUT2D eigenvalue weighted by molar-refractivity contribution is 5.87. The van der Waals surface area contributed by atoms with Crippen LogP contribution in [0.5, 0.6) is 0 Å². The summed E-state index contributed by atoms with van der Waals surface area (Å²) in [4.78, 5) is 10.9. The highest BCUT2D eigenvalue weighted by atomic mass is 16.4. The Kier molecular flexibility index (Phi) is 1.56. The Labute approximate surface area is 87.7 Å². The van der Waals surface area contributed by atoms with Gasteiger partial charge in [0.05, 0.1) is 0 Å². The molecule has 0 spiro atoms. The molecule has 1 aromatic rings. The second kappa shape index (κ2) is 2.62. The summed E-state index contributed by atoms with van der Waals surface area (Å²) in [7, 11) is 0. The van der Waals surface area contributed by atoms with Crippen LogP contribution in [0.4, 0.5) is 0 Å². The molecule has 1 unspecified atom stereocenters. The number of hydrogen-bond acceptors (Lipinski definition) is 2. The largest absolute Gasteiger partial charge is 0.476 e. The Bertz CT molecular complexity index is 436. The molecule has 0 amide bonds. The molecule has 1 saturated carbocycles. The molecule has 3 atom stereocenters. The third kappa shape index (κ3) is 1.02. The first-order valence-corrected chi connectivity index (χ1v) is 5.41. The standard InChI is InChI=1S/C11H14N2O2/c1-4(2)7-5-3-6-9(8(5)7)12-13-10(6)11(14)15/h4-5,7-8H,3H2,1-2H3,(H,12,13)(H,14,15)/t5-,7?,8+/m0/s1. The van der Waals surface area contributed by atoms with E-state index in [1.807, 2.05) is 0 Å². The molecule has 3 rings (SSSR count). The maximum atomic E-state index is 10.9. The number of rotatable bonds is 2. The molecule has 0 saturated heterocycles. The van der Waals surface area contributed by atoms with E-state index in [9.17, 15) is 4.79 Å². The summed E-state index contributed by atoms with van der Waals surface area (Å²) >= 11 is 0. The van der Waals surface area contributed by atoms with Gasteiger partial charge in [-0.15, -0.1) is 0 Å². The van der Waals surface area contributed by atoms with Crippen molar-refractivity contribution in [2.75, 3.05) is 0 Å². The third-order valence-corrected chi connectivity index (χ3v) is 3.87.